The van der Waals surface area contributed by atoms with E-state index in [1.54, 1.807) is 0 Å². The van der Waals surface area contributed by atoms with Crippen LogP contribution in [0.5, 0.6) is 0 Å². The molecular weight excluding hydrogens is 597 g/mol. The van der Waals surface area contributed by atoms with Gasteiger partial charge < -0.3 is 14.2 Å². The largest absolute Gasteiger partial charge is 0.456 e. The van der Waals surface area contributed by atoms with Crippen LogP contribution in [-0.4, -0.2) is 6.04 Å². The lowest BCUT2D eigenvalue weighted by molar-refractivity contribution is 0.669. The molecule has 0 N–H and O–H groups in total. The van der Waals surface area contributed by atoms with Crippen molar-refractivity contribution in [2.45, 2.75) is 12.0 Å². The third-order valence-corrected chi connectivity index (χ3v) is 10.2. The molecule has 1 aromatic heterocycles. The van der Waals surface area contributed by atoms with Crippen molar-refractivity contribution in [2.24, 2.45) is 0 Å². The fraction of sp³-hybridized carbons (Fsp3) is 0.0435. The lowest BCUT2D eigenvalue weighted by Gasteiger charge is -2.29. The fourth-order valence-electron chi connectivity index (χ4n) is 7.88. The van der Waals surface area contributed by atoms with Gasteiger partial charge in [-0.3, -0.25) is 0 Å². The molecule has 232 valence electrons. The summed E-state index contributed by atoms with van der Waals surface area (Å²) in [6.07, 6.45) is 9.07. The molecule has 0 bridgehead atoms. The summed E-state index contributed by atoms with van der Waals surface area (Å²) in [5.74, 6) is 0.345. The SMILES string of the molecule is C1=CC2c3ccc4ccccc4c3N(c3ccc(-c4ccc(N(c5ccccc5)c5ccc6oc7ccccc7c6c5)cc4)cc3)C2C=C1. The van der Waals surface area contributed by atoms with Crippen LogP contribution in [0.4, 0.5) is 28.4 Å². The van der Waals surface area contributed by atoms with E-state index in [4.69, 9.17) is 4.42 Å². The smallest absolute Gasteiger partial charge is 0.135 e. The minimum absolute atomic E-state index is 0.263. The Hall–Kier alpha value is -6.32. The molecule has 1 aliphatic heterocycles. The third kappa shape index (κ3) is 4.51. The van der Waals surface area contributed by atoms with Crippen molar-refractivity contribution >= 4 is 61.1 Å². The summed E-state index contributed by atoms with van der Waals surface area (Å²) in [5.41, 5.74) is 11.4. The Balaban J connectivity index is 1.00. The molecule has 0 fully saturated rings. The summed E-state index contributed by atoms with van der Waals surface area (Å²) in [6.45, 7) is 0. The van der Waals surface area contributed by atoms with Crippen molar-refractivity contribution in [1.29, 1.82) is 0 Å². The van der Waals surface area contributed by atoms with Crippen molar-refractivity contribution in [3.63, 3.8) is 0 Å². The van der Waals surface area contributed by atoms with Crippen molar-refractivity contribution in [3.8, 4) is 11.1 Å². The highest BCUT2D eigenvalue weighted by Crippen LogP contribution is 2.51. The second-order valence-electron chi connectivity index (χ2n) is 12.9. The van der Waals surface area contributed by atoms with Gasteiger partial charge in [0.15, 0.2) is 0 Å². The van der Waals surface area contributed by atoms with E-state index in [1.165, 1.54) is 38.8 Å². The summed E-state index contributed by atoms with van der Waals surface area (Å²) in [5, 5.41) is 4.82. The van der Waals surface area contributed by atoms with Gasteiger partial charge in [0, 0.05) is 44.8 Å². The van der Waals surface area contributed by atoms with Crippen LogP contribution < -0.4 is 9.80 Å². The lowest BCUT2D eigenvalue weighted by atomic mass is 9.90. The second-order valence-corrected chi connectivity index (χ2v) is 12.9. The predicted octanol–water partition coefficient (Wildman–Crippen LogP) is 12.6. The molecule has 7 aromatic carbocycles. The van der Waals surface area contributed by atoms with Crippen molar-refractivity contribution < 1.29 is 4.42 Å². The molecular formula is C46H32N2O. The van der Waals surface area contributed by atoms with Gasteiger partial charge in [0.2, 0.25) is 0 Å². The molecule has 2 unspecified atom stereocenters. The van der Waals surface area contributed by atoms with Gasteiger partial charge in [0.25, 0.3) is 0 Å². The van der Waals surface area contributed by atoms with Crippen LogP contribution in [-0.2, 0) is 0 Å². The van der Waals surface area contributed by atoms with E-state index in [9.17, 15) is 0 Å². The zero-order chi connectivity index (χ0) is 32.3. The van der Waals surface area contributed by atoms with E-state index in [2.05, 4.69) is 180 Å². The molecule has 0 amide bonds. The molecule has 49 heavy (non-hydrogen) atoms. The lowest BCUT2D eigenvalue weighted by Crippen LogP contribution is -2.28. The molecule has 8 aromatic rings. The summed E-state index contributed by atoms with van der Waals surface area (Å²) in [7, 11) is 0. The predicted molar refractivity (Wildman–Crippen MR) is 205 cm³/mol. The summed E-state index contributed by atoms with van der Waals surface area (Å²) in [6, 6.07) is 56.9. The van der Waals surface area contributed by atoms with Gasteiger partial charge in [-0.2, -0.15) is 0 Å². The van der Waals surface area contributed by atoms with Gasteiger partial charge >= 0.3 is 0 Å². The van der Waals surface area contributed by atoms with Gasteiger partial charge in [-0.1, -0.05) is 121 Å². The van der Waals surface area contributed by atoms with Gasteiger partial charge in [-0.05, 0) is 82.7 Å². The first-order chi connectivity index (χ1) is 24.3. The van der Waals surface area contributed by atoms with E-state index in [0.717, 1.165) is 39.0 Å². The molecule has 0 saturated heterocycles. The van der Waals surface area contributed by atoms with Crippen LogP contribution in [0.15, 0.2) is 186 Å². The van der Waals surface area contributed by atoms with E-state index in [-0.39, 0.29) is 6.04 Å². The zero-order valence-electron chi connectivity index (χ0n) is 26.8. The number of hydrogen-bond donors (Lipinski definition) is 0. The van der Waals surface area contributed by atoms with Gasteiger partial charge in [-0.25, -0.2) is 0 Å². The molecule has 2 atom stereocenters. The second kappa shape index (κ2) is 11.1. The van der Waals surface area contributed by atoms with Crippen molar-refractivity contribution in [1.82, 2.24) is 0 Å². The van der Waals surface area contributed by atoms with E-state index < -0.39 is 0 Å². The van der Waals surface area contributed by atoms with Crippen LogP contribution >= 0.6 is 0 Å². The van der Waals surface area contributed by atoms with Crippen LogP contribution in [0, 0.1) is 0 Å². The van der Waals surface area contributed by atoms with Gasteiger partial charge in [0.1, 0.15) is 11.2 Å². The Bertz CT molecular complexity index is 2560. The summed E-state index contributed by atoms with van der Waals surface area (Å²) >= 11 is 0. The quantitative estimate of drug-likeness (QED) is 0.189. The van der Waals surface area contributed by atoms with Gasteiger partial charge in [0.05, 0.1) is 11.7 Å². The highest BCUT2D eigenvalue weighted by Gasteiger charge is 2.38. The first-order valence-corrected chi connectivity index (χ1v) is 16.9. The Morgan fingerprint density at radius 3 is 1.98 bits per heavy atom. The molecule has 3 nitrogen and oxygen atoms in total. The van der Waals surface area contributed by atoms with Crippen LogP contribution in [0.2, 0.25) is 0 Å². The number of furan rings is 1. The fourth-order valence-corrected chi connectivity index (χ4v) is 7.88. The van der Waals surface area contributed by atoms with Gasteiger partial charge in [-0.15, -0.1) is 0 Å². The average Bonchev–Trinajstić information content (AvgIpc) is 3.72. The summed E-state index contributed by atoms with van der Waals surface area (Å²) in [4.78, 5) is 4.85. The Morgan fingerprint density at radius 2 is 1.14 bits per heavy atom. The Kier molecular flexibility index (Phi) is 6.31. The maximum Gasteiger partial charge on any atom is 0.135 e. The number of nitrogens with zero attached hydrogens (tertiary/aromatic N) is 2. The van der Waals surface area contributed by atoms with Crippen molar-refractivity contribution in [3.05, 3.63) is 188 Å². The molecule has 2 heterocycles. The first-order valence-electron chi connectivity index (χ1n) is 16.9. The van der Waals surface area contributed by atoms with Crippen LogP contribution in [0.3, 0.4) is 0 Å². The number of hydrogen-bond acceptors (Lipinski definition) is 3. The summed E-state index contributed by atoms with van der Waals surface area (Å²) < 4.78 is 6.14. The topological polar surface area (TPSA) is 19.6 Å². The first kappa shape index (κ1) is 27.8. The number of para-hydroxylation sites is 2. The maximum absolute atomic E-state index is 6.14. The standard InChI is InChI=1S/C46H32N2O/c1-2-11-34(12-3-1)47(37-27-29-45-42(30-37)40-15-7-9-17-44(40)49-45)35-23-18-31(19-24-35)32-20-25-36(26-21-32)48-43-16-8-6-14-39(43)41-28-22-33-10-4-5-13-38(33)46(41)48/h1-30,39,43H. The average molecular weight is 629 g/mol. The Morgan fingerprint density at radius 1 is 0.490 bits per heavy atom. The minimum atomic E-state index is 0.263. The normalized spacial score (nSPS) is 16.4. The molecule has 0 spiro atoms. The van der Waals surface area contributed by atoms with Crippen LogP contribution in [0.1, 0.15) is 11.5 Å². The number of fused-ring (bicyclic) bond motifs is 8. The number of rotatable bonds is 5. The number of benzene rings is 7. The zero-order valence-corrected chi connectivity index (χ0v) is 26.8. The van der Waals surface area contributed by atoms with Crippen LogP contribution in [0.25, 0.3) is 43.8 Å². The molecule has 2 aliphatic rings. The molecule has 0 saturated carbocycles. The highest BCUT2D eigenvalue weighted by molar-refractivity contribution is 6.06. The molecule has 3 heteroatoms. The molecule has 1 aliphatic carbocycles. The van der Waals surface area contributed by atoms with E-state index >= 15 is 0 Å². The minimum Gasteiger partial charge on any atom is -0.456 e. The van der Waals surface area contributed by atoms with E-state index in [0.29, 0.717) is 5.92 Å². The molecule has 0 radical (unpaired) electrons. The van der Waals surface area contributed by atoms with E-state index in [1.807, 2.05) is 12.1 Å². The number of anilines is 5. The molecule has 10 rings (SSSR count). The third-order valence-electron chi connectivity index (χ3n) is 10.2. The monoisotopic (exact) mass is 628 g/mol. The number of allylic oxidation sites excluding steroid dienone is 2. The maximum atomic E-state index is 6.14. The highest BCUT2D eigenvalue weighted by atomic mass is 16.3. The van der Waals surface area contributed by atoms with Crippen molar-refractivity contribution in [2.75, 3.05) is 9.80 Å². The Labute approximate surface area is 285 Å².